The summed E-state index contributed by atoms with van der Waals surface area (Å²) in [5.74, 6) is 0.409. The van der Waals surface area contributed by atoms with E-state index in [0.717, 1.165) is 5.57 Å². The molecule has 3 aliphatic rings. The number of carbonyl (C=O) groups excluding carboxylic acids is 2. The van der Waals surface area contributed by atoms with Gasteiger partial charge in [0.1, 0.15) is 23.6 Å². The largest absolute Gasteiger partial charge is 0.364 e. The second-order valence-corrected chi connectivity index (χ2v) is 5.88. The van der Waals surface area contributed by atoms with Crippen LogP contribution in [0.3, 0.4) is 0 Å². The van der Waals surface area contributed by atoms with Crippen molar-refractivity contribution < 1.29 is 14.3 Å². The maximum Gasteiger partial charge on any atom is 0.249 e. The Morgan fingerprint density at radius 3 is 2.84 bits per heavy atom. The molecule has 3 rings (SSSR count). The summed E-state index contributed by atoms with van der Waals surface area (Å²) < 4.78 is 5.55. The molecule has 0 unspecified atom stereocenters. The average Bonchev–Trinajstić information content (AvgIpc) is 2.98. The summed E-state index contributed by atoms with van der Waals surface area (Å²) in [5.41, 5.74) is 0.281. The van der Waals surface area contributed by atoms with Gasteiger partial charge in [0.2, 0.25) is 5.91 Å². The van der Waals surface area contributed by atoms with E-state index in [9.17, 15) is 9.59 Å². The van der Waals surface area contributed by atoms with E-state index in [1.807, 2.05) is 32.6 Å². The lowest BCUT2D eigenvalue weighted by Gasteiger charge is -2.35. The first-order valence-electron chi connectivity index (χ1n) is 6.52. The van der Waals surface area contributed by atoms with Gasteiger partial charge in [-0.1, -0.05) is 5.57 Å². The van der Waals surface area contributed by atoms with Crippen LogP contribution in [0.25, 0.3) is 0 Å². The number of morpholine rings is 1. The number of nitrogens with one attached hydrogen (secondary N) is 1. The molecule has 4 atom stereocenters. The van der Waals surface area contributed by atoms with Crippen LogP contribution in [0, 0.1) is 0 Å². The maximum absolute atomic E-state index is 12.2. The van der Waals surface area contributed by atoms with Gasteiger partial charge in [-0.3, -0.25) is 9.59 Å². The minimum Gasteiger partial charge on any atom is -0.364 e. The molecule has 0 saturated carbocycles. The van der Waals surface area contributed by atoms with Gasteiger partial charge in [-0.05, 0) is 27.7 Å². The SMILES string of the molecule is CC(C)=CC(=O)NC1=CC(=O)[C@@]2(C)[C@@H]3O[C@H]3[C@H](C)N12. The third-order valence-electron chi connectivity index (χ3n) is 4.16. The molecule has 3 heterocycles. The zero-order valence-electron chi connectivity index (χ0n) is 11.6. The van der Waals surface area contributed by atoms with E-state index >= 15 is 0 Å². The monoisotopic (exact) mass is 262 g/mol. The van der Waals surface area contributed by atoms with Crippen LogP contribution in [0.1, 0.15) is 27.7 Å². The number of carbonyl (C=O) groups is 2. The van der Waals surface area contributed by atoms with Crippen molar-refractivity contribution in [3.63, 3.8) is 0 Å². The quantitative estimate of drug-likeness (QED) is 0.588. The van der Waals surface area contributed by atoms with Gasteiger partial charge in [-0.2, -0.15) is 0 Å². The van der Waals surface area contributed by atoms with Crippen LogP contribution in [0.4, 0.5) is 0 Å². The highest BCUT2D eigenvalue weighted by Gasteiger charge is 2.71. The average molecular weight is 262 g/mol. The van der Waals surface area contributed by atoms with E-state index in [1.54, 1.807) is 0 Å². The van der Waals surface area contributed by atoms with Gasteiger partial charge >= 0.3 is 0 Å². The molecule has 1 amide bonds. The Morgan fingerprint density at radius 1 is 1.53 bits per heavy atom. The van der Waals surface area contributed by atoms with Gasteiger partial charge in [0, 0.05) is 12.2 Å². The van der Waals surface area contributed by atoms with Crippen molar-refractivity contribution in [3.8, 4) is 0 Å². The molecule has 0 spiro atoms. The zero-order valence-corrected chi connectivity index (χ0v) is 11.6. The molecule has 3 aliphatic heterocycles. The Labute approximate surface area is 112 Å². The van der Waals surface area contributed by atoms with Crippen molar-refractivity contribution in [2.24, 2.45) is 0 Å². The van der Waals surface area contributed by atoms with E-state index in [-0.39, 0.29) is 29.9 Å². The number of allylic oxidation sites excluding steroid dienone is 1. The molecule has 0 aliphatic carbocycles. The number of nitrogens with zero attached hydrogens (tertiary/aromatic N) is 1. The van der Waals surface area contributed by atoms with Crippen LogP contribution >= 0.6 is 0 Å². The Bertz CT molecular complexity index is 533. The Morgan fingerprint density at radius 2 is 2.21 bits per heavy atom. The lowest BCUT2D eigenvalue weighted by molar-refractivity contribution is -0.124. The van der Waals surface area contributed by atoms with Crippen molar-refractivity contribution in [1.29, 1.82) is 0 Å². The number of hydrogen-bond acceptors (Lipinski definition) is 4. The van der Waals surface area contributed by atoms with Crippen molar-refractivity contribution in [3.05, 3.63) is 23.5 Å². The molecule has 5 nitrogen and oxygen atoms in total. The summed E-state index contributed by atoms with van der Waals surface area (Å²) in [6.45, 7) is 7.63. The fraction of sp³-hybridized carbons (Fsp3) is 0.571. The second kappa shape index (κ2) is 3.70. The zero-order chi connectivity index (χ0) is 13.9. The number of epoxide rings is 1. The molecule has 0 bridgehead atoms. The maximum atomic E-state index is 12.2. The Hall–Kier alpha value is -1.62. The Kier molecular flexibility index (Phi) is 2.41. The normalized spacial score (nSPS) is 38.5. The van der Waals surface area contributed by atoms with Gasteiger partial charge < -0.3 is 15.0 Å². The predicted molar refractivity (Wildman–Crippen MR) is 69.0 cm³/mol. The number of ketones is 1. The van der Waals surface area contributed by atoms with Crippen molar-refractivity contribution in [2.75, 3.05) is 0 Å². The molecule has 2 fully saturated rings. The lowest BCUT2D eigenvalue weighted by atomic mass is 9.95. The van der Waals surface area contributed by atoms with Crippen LogP contribution < -0.4 is 5.32 Å². The highest BCUT2D eigenvalue weighted by molar-refractivity contribution is 6.03. The molecule has 2 saturated heterocycles. The van der Waals surface area contributed by atoms with Gasteiger partial charge in [0.25, 0.3) is 0 Å². The van der Waals surface area contributed by atoms with E-state index in [4.69, 9.17) is 4.74 Å². The molecular weight excluding hydrogens is 244 g/mol. The van der Waals surface area contributed by atoms with Crippen LogP contribution in [0.5, 0.6) is 0 Å². The number of hydrogen-bond donors (Lipinski definition) is 1. The second-order valence-electron chi connectivity index (χ2n) is 5.88. The van der Waals surface area contributed by atoms with Gasteiger partial charge in [-0.25, -0.2) is 0 Å². The first kappa shape index (κ1) is 12.4. The standard InChI is InChI=1S/C14H18N2O3/c1-7(2)5-11(18)15-10-6-9(17)14(4)13-12(19-13)8(3)16(10)14/h5-6,8,12-13H,1-4H3,(H,15,18)/t8-,12-,13+,14-/m0/s1. The number of fused-ring (bicyclic) bond motifs is 3. The van der Waals surface area contributed by atoms with E-state index in [2.05, 4.69) is 5.32 Å². The summed E-state index contributed by atoms with van der Waals surface area (Å²) in [6.07, 6.45) is 3.12. The summed E-state index contributed by atoms with van der Waals surface area (Å²) in [6, 6.07) is 0.111. The molecule has 102 valence electrons. The van der Waals surface area contributed by atoms with Crippen molar-refractivity contribution in [1.82, 2.24) is 10.2 Å². The van der Waals surface area contributed by atoms with Crippen LogP contribution in [-0.2, 0) is 14.3 Å². The fourth-order valence-electron chi connectivity index (χ4n) is 3.24. The Balaban J connectivity index is 1.85. The molecule has 5 heteroatoms. The topological polar surface area (TPSA) is 61.9 Å². The first-order valence-corrected chi connectivity index (χ1v) is 6.52. The predicted octanol–water partition coefficient (Wildman–Crippen LogP) is 0.723. The molecule has 19 heavy (non-hydrogen) atoms. The highest BCUT2D eigenvalue weighted by atomic mass is 16.6. The van der Waals surface area contributed by atoms with Gasteiger partial charge in [-0.15, -0.1) is 0 Å². The minimum atomic E-state index is -0.641. The molecule has 0 aromatic rings. The third kappa shape index (κ3) is 1.57. The number of rotatable bonds is 2. The molecule has 0 radical (unpaired) electrons. The smallest absolute Gasteiger partial charge is 0.249 e. The summed E-state index contributed by atoms with van der Waals surface area (Å²) in [7, 11) is 0. The van der Waals surface area contributed by atoms with Crippen molar-refractivity contribution >= 4 is 11.7 Å². The molecule has 1 N–H and O–H groups in total. The summed E-state index contributed by atoms with van der Waals surface area (Å²) in [4.78, 5) is 26.0. The van der Waals surface area contributed by atoms with E-state index in [0.29, 0.717) is 5.82 Å². The summed E-state index contributed by atoms with van der Waals surface area (Å²) >= 11 is 0. The number of ether oxygens (including phenoxy) is 1. The molecular formula is C14H18N2O3. The lowest BCUT2D eigenvalue weighted by Crippen LogP contribution is -2.51. The van der Waals surface area contributed by atoms with E-state index in [1.165, 1.54) is 12.2 Å². The molecule has 0 aromatic carbocycles. The minimum absolute atomic E-state index is 0.0110. The van der Waals surface area contributed by atoms with Crippen LogP contribution in [0.2, 0.25) is 0 Å². The van der Waals surface area contributed by atoms with Crippen LogP contribution in [0.15, 0.2) is 23.5 Å². The first-order chi connectivity index (χ1) is 8.85. The third-order valence-corrected chi connectivity index (χ3v) is 4.16. The van der Waals surface area contributed by atoms with Gasteiger partial charge in [0.15, 0.2) is 5.78 Å². The fourth-order valence-corrected chi connectivity index (χ4v) is 3.24. The van der Waals surface area contributed by atoms with Gasteiger partial charge in [0.05, 0.1) is 6.04 Å². The number of amides is 1. The summed E-state index contributed by atoms with van der Waals surface area (Å²) in [5, 5.41) is 2.80. The highest BCUT2D eigenvalue weighted by Crippen LogP contribution is 2.52. The van der Waals surface area contributed by atoms with Crippen molar-refractivity contribution in [2.45, 2.75) is 51.5 Å². The van der Waals surface area contributed by atoms with E-state index < -0.39 is 5.54 Å². The van der Waals surface area contributed by atoms with Crippen LogP contribution in [-0.4, -0.2) is 40.4 Å². The molecule has 0 aromatic heterocycles.